The van der Waals surface area contributed by atoms with Gasteiger partial charge >= 0.3 is 0 Å². The van der Waals surface area contributed by atoms with E-state index < -0.39 is 5.82 Å². The first-order valence-corrected chi connectivity index (χ1v) is 10.6. The van der Waals surface area contributed by atoms with Crippen LogP contribution < -0.4 is 5.32 Å². The predicted molar refractivity (Wildman–Crippen MR) is 118 cm³/mol. The Kier molecular flexibility index (Phi) is 6.15. The Morgan fingerprint density at radius 2 is 1.83 bits per heavy atom. The lowest BCUT2D eigenvalue weighted by atomic mass is 10.2. The van der Waals surface area contributed by atoms with Crippen LogP contribution in [-0.2, 0) is 4.79 Å². The summed E-state index contributed by atoms with van der Waals surface area (Å²) in [6.45, 7) is 3.19. The molecule has 0 atom stereocenters. The number of fused-ring (bicyclic) bond motifs is 1. The van der Waals surface area contributed by atoms with E-state index in [1.807, 2.05) is 35.2 Å². The molecule has 2 aromatic carbocycles. The predicted octanol–water partition coefficient (Wildman–Crippen LogP) is 3.86. The number of rotatable bonds is 5. The highest BCUT2D eigenvalue weighted by Gasteiger charge is 2.23. The zero-order chi connectivity index (χ0) is 21.1. The summed E-state index contributed by atoms with van der Waals surface area (Å²) in [4.78, 5) is 32.1. The van der Waals surface area contributed by atoms with Gasteiger partial charge in [-0.15, -0.1) is 0 Å². The van der Waals surface area contributed by atoms with Crippen molar-refractivity contribution in [3.05, 3.63) is 64.5 Å². The molecule has 3 aromatic rings. The van der Waals surface area contributed by atoms with E-state index in [2.05, 4.69) is 31.1 Å². The molecule has 0 bridgehead atoms. The van der Waals surface area contributed by atoms with E-state index >= 15 is 0 Å². The zero-order valence-electron chi connectivity index (χ0n) is 16.3. The molecule has 2 N–H and O–H groups in total. The number of para-hydroxylation sites is 1. The van der Waals surface area contributed by atoms with E-state index in [-0.39, 0.29) is 23.9 Å². The fourth-order valence-corrected chi connectivity index (χ4v) is 3.93. The second kappa shape index (κ2) is 8.97. The molecule has 1 saturated heterocycles. The van der Waals surface area contributed by atoms with Gasteiger partial charge in [-0.05, 0) is 30.3 Å². The quantitative estimate of drug-likeness (QED) is 0.592. The number of piperazine rings is 1. The fourth-order valence-electron chi connectivity index (χ4n) is 3.60. The second-order valence-corrected chi connectivity index (χ2v) is 8.24. The molecule has 1 aliphatic heterocycles. The highest BCUT2D eigenvalue weighted by Crippen LogP contribution is 2.20. The van der Waals surface area contributed by atoms with Crippen LogP contribution in [0.3, 0.4) is 0 Å². The van der Waals surface area contributed by atoms with Gasteiger partial charge in [-0.25, -0.2) is 4.39 Å². The molecule has 1 aromatic heterocycles. The van der Waals surface area contributed by atoms with Gasteiger partial charge in [0.15, 0.2) is 0 Å². The molecule has 0 saturated carbocycles. The minimum atomic E-state index is -0.471. The van der Waals surface area contributed by atoms with Crippen LogP contribution in [-0.4, -0.2) is 59.3 Å². The number of aromatic amines is 1. The largest absolute Gasteiger partial charge is 0.351 e. The van der Waals surface area contributed by atoms with E-state index in [1.165, 1.54) is 12.1 Å². The van der Waals surface area contributed by atoms with Crippen molar-refractivity contribution in [2.45, 2.75) is 6.42 Å². The van der Waals surface area contributed by atoms with Gasteiger partial charge in [0.2, 0.25) is 5.91 Å². The molecule has 1 fully saturated rings. The Balaban J connectivity index is 1.25. The Bertz CT molecular complexity index is 1040. The number of aromatic nitrogens is 1. The number of benzene rings is 2. The number of carbonyl (C=O) groups excluding carboxylic acids is 2. The standard InChI is InChI=1S/C22H22BrFN4O2/c23-16-5-6-19(17(24)14-16)26-21(29)7-8-27-9-11-28(12-10-27)22(30)20-13-15-3-1-2-4-18(15)25-20/h1-6,13-14,25H,7-12H2,(H,26,29). The van der Waals surface area contributed by atoms with Crippen LogP contribution >= 0.6 is 15.9 Å². The van der Waals surface area contributed by atoms with Crippen molar-refractivity contribution in [2.75, 3.05) is 38.0 Å². The third-order valence-corrected chi connectivity index (χ3v) is 5.77. The number of nitrogens with one attached hydrogen (secondary N) is 2. The van der Waals surface area contributed by atoms with E-state index in [1.54, 1.807) is 6.07 Å². The maximum Gasteiger partial charge on any atom is 0.270 e. The van der Waals surface area contributed by atoms with Crippen LogP contribution in [0.5, 0.6) is 0 Å². The summed E-state index contributed by atoms with van der Waals surface area (Å²) in [6.07, 6.45) is 0.269. The number of nitrogens with zero attached hydrogens (tertiary/aromatic N) is 2. The van der Waals surface area contributed by atoms with Gasteiger partial charge < -0.3 is 15.2 Å². The second-order valence-electron chi connectivity index (χ2n) is 7.33. The molecular weight excluding hydrogens is 451 g/mol. The summed E-state index contributed by atoms with van der Waals surface area (Å²) in [5.41, 5.74) is 1.73. The van der Waals surface area contributed by atoms with E-state index in [0.29, 0.717) is 42.9 Å². The molecule has 8 heteroatoms. The molecule has 2 heterocycles. The van der Waals surface area contributed by atoms with Gasteiger partial charge in [-0.1, -0.05) is 34.1 Å². The molecule has 0 aliphatic carbocycles. The van der Waals surface area contributed by atoms with Gasteiger partial charge in [0.05, 0.1) is 5.69 Å². The van der Waals surface area contributed by atoms with E-state index in [4.69, 9.17) is 0 Å². The molecule has 156 valence electrons. The molecule has 6 nitrogen and oxygen atoms in total. The average molecular weight is 473 g/mol. The van der Waals surface area contributed by atoms with Crippen molar-refractivity contribution in [1.82, 2.24) is 14.8 Å². The molecular formula is C22H22BrFN4O2. The van der Waals surface area contributed by atoms with Gasteiger partial charge in [-0.2, -0.15) is 0 Å². The summed E-state index contributed by atoms with van der Waals surface area (Å²) in [6, 6.07) is 14.2. The van der Waals surface area contributed by atoms with E-state index in [9.17, 15) is 14.0 Å². The number of hydrogen-bond acceptors (Lipinski definition) is 3. The van der Waals surface area contributed by atoms with Crippen molar-refractivity contribution < 1.29 is 14.0 Å². The number of amides is 2. The Morgan fingerprint density at radius 3 is 2.57 bits per heavy atom. The zero-order valence-corrected chi connectivity index (χ0v) is 17.9. The number of anilines is 1. The molecule has 0 unspecified atom stereocenters. The smallest absolute Gasteiger partial charge is 0.270 e. The Morgan fingerprint density at radius 1 is 1.07 bits per heavy atom. The van der Waals surface area contributed by atoms with Crippen LogP contribution in [0.15, 0.2) is 53.0 Å². The number of carbonyl (C=O) groups is 2. The summed E-state index contributed by atoms with van der Waals surface area (Å²) >= 11 is 3.19. The lowest BCUT2D eigenvalue weighted by Gasteiger charge is -2.34. The molecule has 1 aliphatic rings. The highest BCUT2D eigenvalue weighted by atomic mass is 79.9. The summed E-state index contributed by atoms with van der Waals surface area (Å²) < 4.78 is 14.5. The van der Waals surface area contributed by atoms with Gasteiger partial charge in [-0.3, -0.25) is 14.5 Å². The first-order chi connectivity index (χ1) is 14.5. The number of hydrogen-bond donors (Lipinski definition) is 2. The lowest BCUT2D eigenvalue weighted by Crippen LogP contribution is -2.49. The monoisotopic (exact) mass is 472 g/mol. The third kappa shape index (κ3) is 4.71. The van der Waals surface area contributed by atoms with Crippen LogP contribution in [0.2, 0.25) is 0 Å². The number of halogens is 2. The summed E-state index contributed by atoms with van der Waals surface area (Å²) in [7, 11) is 0. The van der Waals surface area contributed by atoms with Crippen molar-refractivity contribution in [3.63, 3.8) is 0 Å². The van der Waals surface area contributed by atoms with Gasteiger partial charge in [0, 0.05) is 54.5 Å². The van der Waals surface area contributed by atoms with Gasteiger partial charge in [0.1, 0.15) is 11.5 Å². The first kappa shape index (κ1) is 20.6. The topological polar surface area (TPSA) is 68.4 Å². The van der Waals surface area contributed by atoms with Crippen molar-refractivity contribution in [2.24, 2.45) is 0 Å². The fraction of sp³-hybridized carbons (Fsp3) is 0.273. The first-order valence-electron chi connectivity index (χ1n) is 9.84. The minimum absolute atomic E-state index is 0.00527. The maximum absolute atomic E-state index is 13.8. The Hall–Kier alpha value is -2.71. The van der Waals surface area contributed by atoms with Crippen molar-refractivity contribution >= 4 is 44.3 Å². The van der Waals surface area contributed by atoms with Crippen LogP contribution in [0.1, 0.15) is 16.9 Å². The van der Waals surface area contributed by atoms with Crippen LogP contribution in [0, 0.1) is 5.82 Å². The molecule has 2 amide bonds. The molecule has 0 radical (unpaired) electrons. The average Bonchev–Trinajstić information content (AvgIpc) is 3.18. The van der Waals surface area contributed by atoms with Crippen LogP contribution in [0.4, 0.5) is 10.1 Å². The molecule has 0 spiro atoms. The highest BCUT2D eigenvalue weighted by molar-refractivity contribution is 9.10. The normalized spacial score (nSPS) is 14.8. The summed E-state index contributed by atoms with van der Waals surface area (Å²) in [5.74, 6) is -0.705. The van der Waals surface area contributed by atoms with Crippen LogP contribution in [0.25, 0.3) is 10.9 Å². The molecule has 30 heavy (non-hydrogen) atoms. The molecule has 4 rings (SSSR count). The van der Waals surface area contributed by atoms with Crippen molar-refractivity contribution in [1.29, 1.82) is 0 Å². The van der Waals surface area contributed by atoms with E-state index in [0.717, 1.165) is 10.9 Å². The maximum atomic E-state index is 13.8. The SMILES string of the molecule is O=C(CCN1CCN(C(=O)c2cc3ccccc3[nH]2)CC1)Nc1ccc(Br)cc1F. The van der Waals surface area contributed by atoms with Crippen molar-refractivity contribution in [3.8, 4) is 0 Å². The Labute approximate surface area is 182 Å². The minimum Gasteiger partial charge on any atom is -0.351 e. The number of H-pyrrole nitrogens is 1. The summed E-state index contributed by atoms with van der Waals surface area (Å²) in [5, 5.41) is 3.63. The third-order valence-electron chi connectivity index (χ3n) is 5.28. The lowest BCUT2D eigenvalue weighted by molar-refractivity contribution is -0.116. The van der Waals surface area contributed by atoms with Gasteiger partial charge in [0.25, 0.3) is 5.91 Å².